The third kappa shape index (κ3) is 6.29. The van der Waals surface area contributed by atoms with Crippen molar-refractivity contribution in [2.75, 3.05) is 0 Å². The van der Waals surface area contributed by atoms with Gasteiger partial charge in [-0.3, -0.25) is 4.79 Å². The van der Waals surface area contributed by atoms with Gasteiger partial charge >= 0.3 is 5.97 Å². The molecule has 1 aromatic heterocycles. The minimum absolute atomic E-state index is 0. The summed E-state index contributed by atoms with van der Waals surface area (Å²) >= 11 is 0. The fourth-order valence-corrected chi connectivity index (χ4v) is 2.33. The fourth-order valence-electron chi connectivity index (χ4n) is 2.33. The minimum atomic E-state index is -0.252. The Morgan fingerprint density at radius 1 is 1.04 bits per heavy atom. The van der Waals surface area contributed by atoms with E-state index in [9.17, 15) is 4.79 Å². The summed E-state index contributed by atoms with van der Waals surface area (Å²) in [5, 5.41) is 0. The van der Waals surface area contributed by atoms with Gasteiger partial charge in [-0.15, -0.1) is 0 Å². The van der Waals surface area contributed by atoms with Crippen molar-refractivity contribution in [1.29, 1.82) is 0 Å². The Balaban J connectivity index is 0.00000264. The molecule has 0 bridgehead atoms. The molecule has 2 rings (SSSR count). The van der Waals surface area contributed by atoms with Gasteiger partial charge < -0.3 is 28.7 Å². The van der Waals surface area contributed by atoms with E-state index >= 15 is 0 Å². The van der Waals surface area contributed by atoms with E-state index in [1.54, 1.807) is 0 Å². The van der Waals surface area contributed by atoms with Crippen LogP contribution >= 0.6 is 0 Å². The summed E-state index contributed by atoms with van der Waals surface area (Å²) in [5.74, 6) is 0.182. The molecular weight excluding hydrogens is 401 g/mol. The lowest BCUT2D eigenvalue weighted by Gasteiger charge is -2.11. The van der Waals surface area contributed by atoms with Crippen molar-refractivity contribution in [3.63, 3.8) is 0 Å². The van der Waals surface area contributed by atoms with Gasteiger partial charge in [0.15, 0.2) is 12.4 Å². The number of rotatable bonds is 6. The predicted molar refractivity (Wildman–Crippen MR) is 86.1 cm³/mol. The van der Waals surface area contributed by atoms with E-state index < -0.39 is 0 Å². The Hall–Kier alpha value is -1.43. The van der Waals surface area contributed by atoms with E-state index in [4.69, 9.17) is 4.74 Å². The number of carbonyl (C=O) groups excluding carboxylic acids is 1. The zero-order valence-corrected chi connectivity index (χ0v) is 16.1. The van der Waals surface area contributed by atoms with Crippen molar-refractivity contribution in [1.82, 2.24) is 0 Å². The summed E-state index contributed by atoms with van der Waals surface area (Å²) < 4.78 is 7.19. The van der Waals surface area contributed by atoms with Crippen LogP contribution in [0.1, 0.15) is 37.8 Å². The van der Waals surface area contributed by atoms with E-state index in [1.165, 1.54) is 5.56 Å². The number of halogens is 1. The molecule has 3 nitrogen and oxygen atoms in total. The molecular formula is C19H24INO2. The number of pyridine rings is 1. The van der Waals surface area contributed by atoms with Gasteiger partial charge in [0, 0.05) is 12.1 Å². The molecule has 1 aromatic carbocycles. The number of esters is 1. The molecule has 23 heavy (non-hydrogen) atoms. The molecule has 0 radical (unpaired) electrons. The lowest BCUT2D eigenvalue weighted by molar-refractivity contribution is -0.727. The van der Waals surface area contributed by atoms with Crippen molar-refractivity contribution in [2.45, 2.75) is 39.8 Å². The Bertz CT molecular complexity index is 597. The molecule has 0 aliphatic rings. The largest absolute Gasteiger partial charge is 1.00 e. The topological polar surface area (TPSA) is 30.2 Å². The van der Waals surface area contributed by atoms with Crippen molar-refractivity contribution in [3.05, 3.63) is 66.0 Å². The summed E-state index contributed by atoms with van der Waals surface area (Å²) in [5.41, 5.74) is 2.30. The normalized spacial score (nSPS) is 11.7. The van der Waals surface area contributed by atoms with Gasteiger partial charge in [-0.05, 0) is 30.4 Å². The maximum Gasteiger partial charge on any atom is 0.317 e. The highest BCUT2D eigenvalue weighted by Gasteiger charge is 2.18. The summed E-state index contributed by atoms with van der Waals surface area (Å²) in [6.45, 7) is 6.54. The zero-order valence-electron chi connectivity index (χ0n) is 13.9. The first-order valence-electron chi connectivity index (χ1n) is 7.76. The van der Waals surface area contributed by atoms with E-state index in [2.05, 4.69) is 26.0 Å². The minimum Gasteiger partial charge on any atom is -1.00 e. The summed E-state index contributed by atoms with van der Waals surface area (Å²) in [4.78, 5) is 12.1. The molecule has 1 atom stereocenters. The quantitative estimate of drug-likeness (QED) is 0.383. The molecule has 4 heteroatoms. The second-order valence-electron chi connectivity index (χ2n) is 6.04. The molecule has 124 valence electrons. The molecule has 1 heterocycles. The highest BCUT2D eigenvalue weighted by atomic mass is 127. The number of nitrogens with zero attached hydrogens (tertiary/aromatic N) is 1. The highest BCUT2D eigenvalue weighted by molar-refractivity contribution is 5.77. The van der Waals surface area contributed by atoms with E-state index in [0.29, 0.717) is 5.92 Å². The molecule has 0 N–H and O–H groups in total. The number of hydrogen-bond donors (Lipinski definition) is 0. The lowest BCUT2D eigenvalue weighted by Crippen LogP contribution is -3.00. The Labute approximate surface area is 155 Å². The van der Waals surface area contributed by atoms with Gasteiger partial charge in [-0.25, -0.2) is 0 Å². The van der Waals surface area contributed by atoms with E-state index in [-0.39, 0.29) is 42.6 Å². The van der Waals surface area contributed by atoms with Crippen LogP contribution in [0.4, 0.5) is 0 Å². The highest BCUT2D eigenvalue weighted by Crippen LogP contribution is 2.18. The number of aromatic nitrogens is 1. The first-order valence-corrected chi connectivity index (χ1v) is 7.76. The second kappa shape index (κ2) is 9.65. The Morgan fingerprint density at radius 2 is 1.65 bits per heavy atom. The molecule has 0 amide bonds. The van der Waals surface area contributed by atoms with Crippen molar-refractivity contribution in [3.8, 4) is 0 Å². The number of hydrogen-bond acceptors (Lipinski definition) is 2. The van der Waals surface area contributed by atoms with Crippen LogP contribution < -0.4 is 28.5 Å². The molecule has 0 aliphatic carbocycles. The molecule has 0 fully saturated rings. The average Bonchev–Trinajstić information content (AvgIpc) is 2.53. The third-order valence-electron chi connectivity index (χ3n) is 3.61. The van der Waals surface area contributed by atoms with Gasteiger partial charge in [0.1, 0.15) is 0 Å². The molecule has 0 aliphatic heterocycles. The van der Waals surface area contributed by atoms with Crippen LogP contribution in [0.15, 0.2) is 54.9 Å². The van der Waals surface area contributed by atoms with Gasteiger partial charge in [-0.2, -0.15) is 4.57 Å². The summed E-state index contributed by atoms with van der Waals surface area (Å²) in [6.07, 6.45) is 4.81. The van der Waals surface area contributed by atoms with Crippen molar-refractivity contribution in [2.24, 2.45) is 5.92 Å². The second-order valence-corrected chi connectivity index (χ2v) is 6.04. The lowest BCUT2D eigenvalue weighted by atomic mass is 9.97. The Kier molecular flexibility index (Phi) is 8.23. The van der Waals surface area contributed by atoms with E-state index in [1.807, 2.05) is 54.2 Å². The number of carbonyl (C=O) groups is 1. The van der Waals surface area contributed by atoms with Crippen molar-refractivity contribution >= 4 is 5.97 Å². The van der Waals surface area contributed by atoms with Gasteiger partial charge in [0.2, 0.25) is 0 Å². The maximum absolute atomic E-state index is 12.1. The maximum atomic E-state index is 12.1. The van der Waals surface area contributed by atoms with Crippen LogP contribution in [0.5, 0.6) is 0 Å². The van der Waals surface area contributed by atoms with Gasteiger partial charge in [-0.1, -0.05) is 44.2 Å². The smallest absolute Gasteiger partial charge is 0.317 e. The molecule has 2 aromatic rings. The van der Waals surface area contributed by atoms with E-state index in [0.717, 1.165) is 12.0 Å². The predicted octanol–water partition coefficient (Wildman–Crippen LogP) is 0.481. The zero-order chi connectivity index (χ0) is 15.9. The number of ether oxygens (including phenoxy) is 1. The van der Waals surface area contributed by atoms with Crippen molar-refractivity contribution < 1.29 is 38.1 Å². The first kappa shape index (κ1) is 19.6. The summed E-state index contributed by atoms with van der Waals surface area (Å²) in [7, 11) is 0. The third-order valence-corrected chi connectivity index (χ3v) is 3.61. The standard InChI is InChI=1S/C19H24NO2.HI/c1-15(2)13-17-7-9-18(10-8-17)16(3)19(21)22-14-20-11-5-4-6-12-20;/h4-12,15-16H,13-14H2,1-3H3;1H/q+1;/p-1. The number of benzene rings is 1. The van der Waals surface area contributed by atoms with Crippen LogP contribution in [-0.4, -0.2) is 5.97 Å². The first-order chi connectivity index (χ1) is 10.6. The average molecular weight is 425 g/mol. The van der Waals surface area contributed by atoms with Gasteiger partial charge in [0.05, 0.1) is 5.92 Å². The van der Waals surface area contributed by atoms with Crippen LogP contribution in [0, 0.1) is 5.92 Å². The molecule has 0 saturated carbocycles. The van der Waals surface area contributed by atoms with Crippen LogP contribution in [0.2, 0.25) is 0 Å². The van der Waals surface area contributed by atoms with Crippen LogP contribution in [0.25, 0.3) is 0 Å². The molecule has 0 saturated heterocycles. The molecule has 1 unspecified atom stereocenters. The SMILES string of the molecule is CC(C)Cc1ccc(C(C)C(=O)OC[n+]2ccccc2)cc1.[I-]. The molecule has 0 spiro atoms. The Morgan fingerprint density at radius 3 is 2.22 bits per heavy atom. The monoisotopic (exact) mass is 425 g/mol. The van der Waals surface area contributed by atoms with Crippen LogP contribution in [-0.2, 0) is 22.7 Å². The van der Waals surface area contributed by atoms with Crippen LogP contribution in [0.3, 0.4) is 0 Å². The summed E-state index contributed by atoms with van der Waals surface area (Å²) in [6, 6.07) is 14.0. The fraction of sp³-hybridized carbons (Fsp3) is 0.368. The van der Waals surface area contributed by atoms with Gasteiger partial charge in [0.25, 0.3) is 6.73 Å².